The maximum Gasteiger partial charge on any atom is 0.335 e. The largest absolute Gasteiger partial charge is 0.494 e. The first-order valence-electron chi connectivity index (χ1n) is 10.6. The highest BCUT2D eigenvalue weighted by atomic mass is 79.9. The highest BCUT2D eigenvalue weighted by molar-refractivity contribution is 9.10. The van der Waals surface area contributed by atoms with Gasteiger partial charge in [-0.25, -0.2) is 9.69 Å². The number of benzene rings is 3. The van der Waals surface area contributed by atoms with E-state index in [9.17, 15) is 14.4 Å². The van der Waals surface area contributed by atoms with Crippen LogP contribution >= 0.6 is 39.1 Å². The molecule has 4 rings (SSSR count). The van der Waals surface area contributed by atoms with Crippen molar-refractivity contribution in [1.82, 2.24) is 5.32 Å². The number of halogens is 3. The Balaban J connectivity index is 1.74. The fraction of sp³-hybridized carbons (Fsp3) is 0.115. The number of carbonyl (C=O) groups is 3. The fourth-order valence-electron chi connectivity index (χ4n) is 3.68. The Morgan fingerprint density at radius 3 is 2.37 bits per heavy atom. The summed E-state index contributed by atoms with van der Waals surface area (Å²) < 4.78 is 6.59. The number of imide groups is 2. The number of hydrogen-bond acceptors (Lipinski definition) is 4. The molecule has 4 amide bonds. The van der Waals surface area contributed by atoms with E-state index in [0.29, 0.717) is 29.4 Å². The fourth-order valence-corrected chi connectivity index (χ4v) is 4.70. The molecule has 0 radical (unpaired) electrons. The Labute approximate surface area is 220 Å². The van der Waals surface area contributed by atoms with Crippen molar-refractivity contribution in [2.24, 2.45) is 0 Å². The molecule has 35 heavy (non-hydrogen) atoms. The molecule has 0 unspecified atom stereocenters. The zero-order chi connectivity index (χ0) is 25.1. The standard InChI is InChI=1S/C26H19BrCl2N2O4/c1-2-35-23-13-15(12-19(27)17(23)14-16-7-3-4-8-20(16)28)11-18-24(32)30-26(34)31(25(18)33)22-10-6-5-9-21(22)29/h3-13H,2,14H2,1H3,(H,30,32,34)/b18-11+. The summed E-state index contributed by atoms with van der Waals surface area (Å²) in [5.74, 6) is -0.991. The van der Waals surface area contributed by atoms with Crippen molar-refractivity contribution in [3.63, 3.8) is 0 Å². The number of nitrogens with one attached hydrogen (secondary N) is 1. The van der Waals surface area contributed by atoms with E-state index >= 15 is 0 Å². The number of anilines is 1. The predicted octanol–water partition coefficient (Wildman–Crippen LogP) is 6.41. The summed E-state index contributed by atoms with van der Waals surface area (Å²) in [4.78, 5) is 39.1. The Morgan fingerprint density at radius 1 is 1.00 bits per heavy atom. The molecule has 9 heteroatoms. The second-order valence-electron chi connectivity index (χ2n) is 7.59. The van der Waals surface area contributed by atoms with Gasteiger partial charge >= 0.3 is 6.03 Å². The zero-order valence-corrected chi connectivity index (χ0v) is 21.6. The maximum atomic E-state index is 13.2. The second-order valence-corrected chi connectivity index (χ2v) is 9.26. The van der Waals surface area contributed by atoms with Crippen LogP contribution in [0.4, 0.5) is 10.5 Å². The molecule has 1 aliphatic rings. The molecular formula is C26H19BrCl2N2O4. The molecule has 3 aromatic carbocycles. The highest BCUT2D eigenvalue weighted by Crippen LogP contribution is 2.34. The van der Waals surface area contributed by atoms with Gasteiger partial charge in [-0.05, 0) is 54.5 Å². The van der Waals surface area contributed by atoms with Crippen molar-refractivity contribution < 1.29 is 19.1 Å². The molecule has 0 aromatic heterocycles. The molecule has 1 N–H and O–H groups in total. The molecule has 0 bridgehead atoms. The van der Waals surface area contributed by atoms with E-state index < -0.39 is 17.8 Å². The lowest BCUT2D eigenvalue weighted by atomic mass is 10.0. The lowest BCUT2D eigenvalue weighted by molar-refractivity contribution is -0.122. The van der Waals surface area contributed by atoms with Gasteiger partial charge in [0.1, 0.15) is 11.3 Å². The van der Waals surface area contributed by atoms with Crippen LogP contribution in [0.2, 0.25) is 10.0 Å². The Kier molecular flexibility index (Phi) is 7.60. The quantitative estimate of drug-likeness (QED) is 0.273. The number of hydrogen-bond donors (Lipinski definition) is 1. The van der Waals surface area contributed by atoms with Crippen LogP contribution in [-0.4, -0.2) is 24.5 Å². The van der Waals surface area contributed by atoms with E-state index in [1.165, 1.54) is 12.1 Å². The number of barbiturate groups is 1. The summed E-state index contributed by atoms with van der Waals surface area (Å²) in [7, 11) is 0. The number of nitrogens with zero attached hydrogens (tertiary/aromatic N) is 1. The van der Waals surface area contributed by atoms with Crippen molar-refractivity contribution in [1.29, 1.82) is 0 Å². The van der Waals surface area contributed by atoms with Gasteiger partial charge in [0.15, 0.2) is 0 Å². The Hall–Kier alpha value is -3.13. The van der Waals surface area contributed by atoms with Gasteiger partial charge in [-0.15, -0.1) is 0 Å². The first-order chi connectivity index (χ1) is 16.8. The number of rotatable bonds is 6. The molecule has 6 nitrogen and oxygen atoms in total. The highest BCUT2D eigenvalue weighted by Gasteiger charge is 2.37. The van der Waals surface area contributed by atoms with Gasteiger partial charge in [0.25, 0.3) is 11.8 Å². The third-order valence-electron chi connectivity index (χ3n) is 5.31. The van der Waals surface area contributed by atoms with Crippen molar-refractivity contribution in [2.75, 3.05) is 11.5 Å². The monoisotopic (exact) mass is 572 g/mol. The van der Waals surface area contributed by atoms with Crippen LogP contribution in [0.15, 0.2) is 70.7 Å². The smallest absolute Gasteiger partial charge is 0.335 e. The van der Waals surface area contributed by atoms with Gasteiger partial charge in [0.2, 0.25) is 0 Å². The minimum Gasteiger partial charge on any atom is -0.494 e. The lowest BCUT2D eigenvalue weighted by Gasteiger charge is -2.27. The van der Waals surface area contributed by atoms with E-state index in [0.717, 1.165) is 20.5 Å². The molecule has 1 saturated heterocycles. The first kappa shape index (κ1) is 25.0. The molecule has 178 valence electrons. The van der Waals surface area contributed by atoms with Gasteiger partial charge in [0, 0.05) is 21.5 Å². The van der Waals surface area contributed by atoms with Crippen molar-refractivity contribution in [2.45, 2.75) is 13.3 Å². The van der Waals surface area contributed by atoms with Crippen molar-refractivity contribution in [3.05, 3.63) is 97.4 Å². The minimum atomic E-state index is -0.864. The van der Waals surface area contributed by atoms with Crippen LogP contribution in [0, 0.1) is 0 Å². The Bertz CT molecular complexity index is 1370. The molecule has 1 heterocycles. The van der Waals surface area contributed by atoms with Crippen LogP contribution in [-0.2, 0) is 16.0 Å². The number of urea groups is 1. The maximum absolute atomic E-state index is 13.2. The summed E-state index contributed by atoms with van der Waals surface area (Å²) in [6.07, 6.45) is 1.93. The van der Waals surface area contributed by atoms with E-state index in [2.05, 4.69) is 21.2 Å². The third-order valence-corrected chi connectivity index (χ3v) is 6.70. The number of ether oxygens (including phenoxy) is 1. The van der Waals surface area contributed by atoms with Crippen molar-refractivity contribution in [3.8, 4) is 5.75 Å². The first-order valence-corrected chi connectivity index (χ1v) is 12.2. The van der Waals surface area contributed by atoms with E-state index in [-0.39, 0.29) is 16.3 Å². The van der Waals surface area contributed by atoms with Crippen LogP contribution in [0.25, 0.3) is 6.08 Å². The average Bonchev–Trinajstić information content (AvgIpc) is 2.81. The second kappa shape index (κ2) is 10.6. The van der Waals surface area contributed by atoms with E-state index in [1.807, 2.05) is 31.2 Å². The number of carbonyl (C=O) groups excluding carboxylic acids is 3. The van der Waals surface area contributed by atoms with Gasteiger partial charge in [-0.3, -0.25) is 14.9 Å². The summed E-state index contributed by atoms with van der Waals surface area (Å²) in [6.45, 7) is 2.28. The number of amides is 4. The zero-order valence-electron chi connectivity index (χ0n) is 18.5. The number of para-hydroxylation sites is 1. The van der Waals surface area contributed by atoms with Crippen LogP contribution in [0.3, 0.4) is 0 Å². The molecule has 0 atom stereocenters. The molecule has 0 spiro atoms. The molecule has 0 aliphatic carbocycles. The van der Waals surface area contributed by atoms with Gasteiger partial charge < -0.3 is 4.74 Å². The van der Waals surface area contributed by atoms with Crippen LogP contribution < -0.4 is 15.0 Å². The molecule has 1 aliphatic heterocycles. The third kappa shape index (κ3) is 5.27. The van der Waals surface area contributed by atoms with Crippen LogP contribution in [0.5, 0.6) is 5.75 Å². The van der Waals surface area contributed by atoms with Gasteiger partial charge in [-0.2, -0.15) is 0 Å². The van der Waals surface area contributed by atoms with E-state index in [4.69, 9.17) is 27.9 Å². The van der Waals surface area contributed by atoms with Gasteiger partial charge in [-0.1, -0.05) is 69.5 Å². The van der Waals surface area contributed by atoms with Gasteiger partial charge in [0.05, 0.1) is 17.3 Å². The normalized spacial score (nSPS) is 14.9. The predicted molar refractivity (Wildman–Crippen MR) is 140 cm³/mol. The minimum absolute atomic E-state index is 0.182. The van der Waals surface area contributed by atoms with E-state index in [1.54, 1.807) is 30.3 Å². The summed E-state index contributed by atoms with van der Waals surface area (Å²) >= 11 is 16.1. The SMILES string of the molecule is CCOc1cc(/C=C2\C(=O)NC(=O)N(c3ccccc3Cl)C2=O)cc(Br)c1Cc1ccccc1Cl. The molecule has 0 saturated carbocycles. The average molecular weight is 574 g/mol. The summed E-state index contributed by atoms with van der Waals surface area (Å²) in [5.41, 5.74) is 2.31. The molecule has 3 aromatic rings. The topological polar surface area (TPSA) is 75.7 Å². The van der Waals surface area contributed by atoms with Crippen molar-refractivity contribution >= 4 is 68.7 Å². The summed E-state index contributed by atoms with van der Waals surface area (Å²) in [5, 5.41) is 3.05. The molecule has 1 fully saturated rings. The molecular weight excluding hydrogens is 555 g/mol. The Morgan fingerprint density at radius 2 is 1.69 bits per heavy atom. The summed E-state index contributed by atoms with van der Waals surface area (Å²) in [6, 6.07) is 16.6. The van der Waals surface area contributed by atoms with Crippen LogP contribution in [0.1, 0.15) is 23.6 Å². The lowest BCUT2D eigenvalue weighted by Crippen LogP contribution is -2.54.